The van der Waals surface area contributed by atoms with Gasteiger partial charge in [-0.15, -0.1) is 0 Å². The zero-order chi connectivity index (χ0) is 36.4. The SMILES string of the molecule is CC1CC=C(n2c3ccccc3c3c4oc5ccccc5c4ccc32)C=C1C1CC=CC(C#N)=C1n1c2ccccc2c2c3oc4ccccc4c3ccc21. The summed E-state index contributed by atoms with van der Waals surface area (Å²) in [5.74, 6) is 0.263. The van der Waals surface area contributed by atoms with Crippen LogP contribution in [0.2, 0.25) is 0 Å². The lowest BCUT2D eigenvalue weighted by Gasteiger charge is -2.33. The number of hydrogen-bond donors (Lipinski definition) is 0. The molecule has 0 fully saturated rings. The van der Waals surface area contributed by atoms with Gasteiger partial charge in [-0.05, 0) is 79.4 Å². The highest BCUT2D eigenvalue weighted by Gasteiger charge is 2.33. The Kier molecular flexibility index (Phi) is 6.22. The van der Waals surface area contributed by atoms with E-state index in [4.69, 9.17) is 8.83 Å². The number of furan rings is 2. The molecule has 0 amide bonds. The average molecular weight is 708 g/mol. The second-order valence-electron chi connectivity index (χ2n) is 15.1. The number of allylic oxidation sites excluding steroid dienone is 8. The number of rotatable bonds is 3. The van der Waals surface area contributed by atoms with Crippen molar-refractivity contribution < 1.29 is 8.83 Å². The van der Waals surface area contributed by atoms with Gasteiger partial charge in [-0.1, -0.05) is 97.4 Å². The number of fused-ring (bicyclic) bond motifs is 14. The fourth-order valence-corrected chi connectivity index (χ4v) is 9.78. The Labute approximate surface area is 315 Å². The first-order chi connectivity index (χ1) is 27.2. The summed E-state index contributed by atoms with van der Waals surface area (Å²) in [5, 5.41) is 19.8. The molecule has 10 aromatic rings. The van der Waals surface area contributed by atoms with Crippen molar-refractivity contribution in [2.24, 2.45) is 11.8 Å². The highest BCUT2D eigenvalue weighted by atomic mass is 16.3. The van der Waals surface area contributed by atoms with Crippen LogP contribution in [0.15, 0.2) is 166 Å². The fraction of sp³-hybridized carbons (Fsp3) is 0.100. The predicted octanol–water partition coefficient (Wildman–Crippen LogP) is 13.5. The second-order valence-corrected chi connectivity index (χ2v) is 15.1. The summed E-state index contributed by atoms with van der Waals surface area (Å²) in [5.41, 5.74) is 12.2. The number of nitrogens with zero attached hydrogens (tertiary/aromatic N) is 3. The maximum absolute atomic E-state index is 10.8. The van der Waals surface area contributed by atoms with Crippen LogP contribution in [0.1, 0.15) is 19.8 Å². The molecule has 0 saturated carbocycles. The zero-order valence-electron chi connectivity index (χ0n) is 30.1. The van der Waals surface area contributed by atoms with Gasteiger partial charge >= 0.3 is 0 Å². The molecule has 6 aromatic carbocycles. The molecule has 4 aromatic heterocycles. The van der Waals surface area contributed by atoms with Crippen molar-refractivity contribution in [3.63, 3.8) is 0 Å². The van der Waals surface area contributed by atoms with Crippen LogP contribution in [0.5, 0.6) is 0 Å². The van der Waals surface area contributed by atoms with E-state index >= 15 is 0 Å². The van der Waals surface area contributed by atoms with Gasteiger partial charge in [0.25, 0.3) is 0 Å². The molecule has 260 valence electrons. The lowest BCUT2D eigenvalue weighted by Crippen LogP contribution is -2.21. The first kappa shape index (κ1) is 30.4. The van der Waals surface area contributed by atoms with E-state index < -0.39 is 0 Å². The van der Waals surface area contributed by atoms with Gasteiger partial charge in [-0.25, -0.2) is 0 Å². The summed E-state index contributed by atoms with van der Waals surface area (Å²) in [4.78, 5) is 0. The molecule has 4 heterocycles. The number of benzene rings is 6. The Hall–Kier alpha value is -7.03. The molecule has 0 radical (unpaired) electrons. The molecule has 2 aliphatic rings. The van der Waals surface area contributed by atoms with Crippen molar-refractivity contribution in [1.29, 1.82) is 5.26 Å². The molecule has 0 N–H and O–H groups in total. The highest BCUT2D eigenvalue weighted by molar-refractivity contribution is 6.25. The van der Waals surface area contributed by atoms with Gasteiger partial charge in [-0.2, -0.15) is 5.26 Å². The molecule has 0 saturated heterocycles. The molecular formula is C50H33N3O2. The Morgan fingerprint density at radius 2 is 1.13 bits per heavy atom. The summed E-state index contributed by atoms with van der Waals surface area (Å²) >= 11 is 0. The molecule has 2 atom stereocenters. The highest BCUT2D eigenvalue weighted by Crippen LogP contribution is 2.48. The molecule has 5 nitrogen and oxygen atoms in total. The van der Waals surface area contributed by atoms with Crippen molar-refractivity contribution in [2.45, 2.75) is 19.8 Å². The molecule has 55 heavy (non-hydrogen) atoms. The number of hydrogen-bond acceptors (Lipinski definition) is 3. The summed E-state index contributed by atoms with van der Waals surface area (Å²) in [6.45, 7) is 2.33. The van der Waals surface area contributed by atoms with Crippen LogP contribution in [0.25, 0.3) is 98.9 Å². The molecule has 2 unspecified atom stereocenters. The van der Waals surface area contributed by atoms with E-state index in [9.17, 15) is 5.26 Å². The standard InChI is InChI=1S/C50H33N3O2/c1-29-21-22-31(52-40-17-6-2-14-37(40)46-42(52)25-23-35-32-12-4-8-19-44(32)54-49(35)46)27-39(29)34-16-10-11-30(28-51)48(34)53-41-18-7-3-15-38(41)47-43(53)26-24-36-33-13-5-9-20-45(33)55-50(36)47/h2-15,17-20,22-27,29,34H,16,21H2,1H3. The van der Waals surface area contributed by atoms with Gasteiger partial charge in [0.1, 0.15) is 28.4 Å². The van der Waals surface area contributed by atoms with E-state index in [1.165, 1.54) is 11.0 Å². The maximum Gasteiger partial charge on any atom is 0.145 e. The van der Waals surface area contributed by atoms with E-state index in [0.29, 0.717) is 5.57 Å². The van der Waals surface area contributed by atoms with E-state index in [1.54, 1.807) is 0 Å². The third-order valence-corrected chi connectivity index (χ3v) is 12.2. The molecule has 5 heteroatoms. The van der Waals surface area contributed by atoms with Crippen LogP contribution in [0.3, 0.4) is 0 Å². The Balaban J connectivity index is 1.09. The first-order valence-corrected chi connectivity index (χ1v) is 19.1. The quantitative estimate of drug-likeness (QED) is 0.184. The van der Waals surface area contributed by atoms with Gasteiger partial charge in [0.05, 0.1) is 38.4 Å². The third kappa shape index (κ3) is 4.11. The predicted molar refractivity (Wildman–Crippen MR) is 226 cm³/mol. The van der Waals surface area contributed by atoms with Crippen LogP contribution in [-0.2, 0) is 0 Å². The minimum atomic E-state index is -0.0149. The van der Waals surface area contributed by atoms with Crippen LogP contribution in [-0.4, -0.2) is 9.13 Å². The number of para-hydroxylation sites is 4. The van der Waals surface area contributed by atoms with Crippen molar-refractivity contribution >= 4 is 98.9 Å². The smallest absolute Gasteiger partial charge is 0.145 e. The third-order valence-electron chi connectivity index (χ3n) is 12.2. The Morgan fingerprint density at radius 1 is 0.582 bits per heavy atom. The maximum atomic E-state index is 10.8. The Morgan fingerprint density at radius 3 is 1.75 bits per heavy atom. The second kappa shape index (κ2) is 11.2. The molecule has 2 aliphatic carbocycles. The lowest BCUT2D eigenvalue weighted by molar-refractivity contribution is 0.586. The zero-order valence-corrected chi connectivity index (χ0v) is 30.1. The summed E-state index contributed by atoms with van der Waals surface area (Å²) in [7, 11) is 0. The minimum Gasteiger partial charge on any atom is -0.455 e. The van der Waals surface area contributed by atoms with E-state index in [0.717, 1.165) is 106 Å². The van der Waals surface area contributed by atoms with Gasteiger partial charge in [-0.3, -0.25) is 0 Å². The largest absolute Gasteiger partial charge is 0.455 e. The van der Waals surface area contributed by atoms with E-state index in [1.807, 2.05) is 24.3 Å². The molecule has 0 aliphatic heterocycles. The molecule has 0 bridgehead atoms. The summed E-state index contributed by atoms with van der Waals surface area (Å²) < 4.78 is 18.0. The van der Waals surface area contributed by atoms with E-state index in [-0.39, 0.29) is 11.8 Å². The van der Waals surface area contributed by atoms with E-state index in [2.05, 4.69) is 143 Å². The molecule has 0 spiro atoms. The molecular weight excluding hydrogens is 675 g/mol. The molecule has 12 rings (SSSR count). The fourth-order valence-electron chi connectivity index (χ4n) is 9.78. The number of nitriles is 1. The monoisotopic (exact) mass is 707 g/mol. The first-order valence-electron chi connectivity index (χ1n) is 19.1. The minimum absolute atomic E-state index is 0.0149. The summed E-state index contributed by atoms with van der Waals surface area (Å²) in [6.07, 6.45) is 10.7. The normalized spacial score (nSPS) is 17.8. The van der Waals surface area contributed by atoms with Crippen LogP contribution < -0.4 is 0 Å². The van der Waals surface area contributed by atoms with Crippen LogP contribution in [0.4, 0.5) is 0 Å². The van der Waals surface area contributed by atoms with Gasteiger partial charge < -0.3 is 18.0 Å². The van der Waals surface area contributed by atoms with Gasteiger partial charge in [0, 0.05) is 49.6 Å². The van der Waals surface area contributed by atoms with Crippen molar-refractivity contribution in [3.05, 3.63) is 157 Å². The summed E-state index contributed by atoms with van der Waals surface area (Å²) in [6, 6.07) is 45.3. The Bertz CT molecular complexity index is 3470. The van der Waals surface area contributed by atoms with Crippen molar-refractivity contribution in [1.82, 2.24) is 9.13 Å². The topological polar surface area (TPSA) is 59.9 Å². The van der Waals surface area contributed by atoms with Gasteiger partial charge in [0.15, 0.2) is 0 Å². The number of aromatic nitrogens is 2. The van der Waals surface area contributed by atoms with Crippen LogP contribution in [0, 0.1) is 23.2 Å². The van der Waals surface area contributed by atoms with Crippen LogP contribution >= 0.6 is 0 Å². The van der Waals surface area contributed by atoms with Crippen molar-refractivity contribution in [2.75, 3.05) is 0 Å². The lowest BCUT2D eigenvalue weighted by atomic mass is 9.77. The average Bonchev–Trinajstić information content (AvgIpc) is 3.98. The van der Waals surface area contributed by atoms with Gasteiger partial charge in [0.2, 0.25) is 0 Å². The van der Waals surface area contributed by atoms with Crippen molar-refractivity contribution in [3.8, 4) is 6.07 Å².